The molecule has 0 bridgehead atoms. The van der Waals surface area contributed by atoms with Gasteiger partial charge in [0.15, 0.2) is 0 Å². The molecule has 0 spiro atoms. The summed E-state index contributed by atoms with van der Waals surface area (Å²) >= 11 is 6.55. The van der Waals surface area contributed by atoms with Gasteiger partial charge in [0.2, 0.25) is 0 Å². The molecule has 0 aromatic heterocycles. The number of hydroxylamine groups is 1. The van der Waals surface area contributed by atoms with E-state index >= 15 is 0 Å². The van der Waals surface area contributed by atoms with Crippen LogP contribution in [0.4, 0.5) is 11.4 Å². The number of hydrogen-bond donors (Lipinski definition) is 4. The van der Waals surface area contributed by atoms with Gasteiger partial charge in [-0.1, -0.05) is 56.1 Å². The lowest BCUT2D eigenvalue weighted by atomic mass is 9.96. The Morgan fingerprint density at radius 1 is 0.650 bits per heavy atom. The largest absolute Gasteiger partial charge is 0.288 e. The van der Waals surface area contributed by atoms with Crippen molar-refractivity contribution in [1.82, 2.24) is 5.48 Å². The Morgan fingerprint density at radius 3 is 1.43 bits per heavy atom. The molecule has 4 N–H and O–H groups in total. The zero-order valence-corrected chi connectivity index (χ0v) is 25.2. The average molecular weight is 707 g/mol. The molecule has 0 radical (unpaired) electrons. The van der Waals surface area contributed by atoms with Crippen molar-refractivity contribution in [2.75, 3.05) is 9.44 Å². The van der Waals surface area contributed by atoms with Gasteiger partial charge in [0, 0.05) is 26.4 Å². The molecule has 4 aromatic carbocycles. The van der Waals surface area contributed by atoms with E-state index in [-0.39, 0.29) is 21.2 Å². The molecule has 4 rings (SSSR count). The quantitative estimate of drug-likeness (QED) is 0.0993. The van der Waals surface area contributed by atoms with Crippen molar-refractivity contribution in [3.8, 4) is 0 Å². The number of benzene rings is 4. The van der Waals surface area contributed by atoms with E-state index in [1.54, 1.807) is 66.1 Å². The summed E-state index contributed by atoms with van der Waals surface area (Å²) in [5, 5.41) is 9.15. The smallest absolute Gasteiger partial charge is 0.267 e. The topological polar surface area (TPSA) is 142 Å². The lowest BCUT2D eigenvalue weighted by molar-refractivity contribution is -0.124. The number of nitrogens with one attached hydrogen (secondary N) is 3. The molecule has 9 nitrogen and oxygen atoms in total. The molecule has 0 saturated carbocycles. The third-order valence-electron chi connectivity index (χ3n) is 5.49. The van der Waals surface area contributed by atoms with E-state index in [1.165, 1.54) is 36.4 Å². The van der Waals surface area contributed by atoms with Crippen LogP contribution in [0.2, 0.25) is 0 Å². The summed E-state index contributed by atoms with van der Waals surface area (Å²) in [7, 11) is -7.82. The minimum absolute atomic E-state index is 0.0577. The van der Waals surface area contributed by atoms with Crippen LogP contribution in [0.15, 0.2) is 122 Å². The maximum absolute atomic E-state index is 12.9. The molecule has 0 aliphatic heterocycles. The molecule has 0 saturated heterocycles. The minimum Gasteiger partial charge on any atom is -0.288 e. The van der Waals surface area contributed by atoms with Gasteiger partial charge in [-0.3, -0.25) is 19.4 Å². The molecule has 206 valence electrons. The zero-order chi connectivity index (χ0) is 28.9. The first-order chi connectivity index (χ1) is 19.0. The van der Waals surface area contributed by atoms with Crippen molar-refractivity contribution in [3.63, 3.8) is 0 Å². The normalized spacial score (nSPS) is 11.4. The van der Waals surface area contributed by atoms with Crippen molar-refractivity contribution >= 4 is 74.8 Å². The maximum Gasteiger partial charge on any atom is 0.267 e. The second-order valence-electron chi connectivity index (χ2n) is 8.31. The summed E-state index contributed by atoms with van der Waals surface area (Å²) in [6, 6.07) is 24.9. The maximum atomic E-state index is 12.9. The van der Waals surface area contributed by atoms with Gasteiger partial charge in [0.05, 0.1) is 9.79 Å². The molecule has 4 aromatic rings. The molecule has 40 heavy (non-hydrogen) atoms. The van der Waals surface area contributed by atoms with Gasteiger partial charge in [-0.15, -0.1) is 0 Å². The van der Waals surface area contributed by atoms with Crippen LogP contribution >= 0.6 is 31.9 Å². The number of hydrogen-bond acceptors (Lipinski definition) is 6. The highest BCUT2D eigenvalue weighted by Crippen LogP contribution is 2.29. The lowest BCUT2D eigenvalue weighted by Gasteiger charge is -2.14. The highest BCUT2D eigenvalue weighted by atomic mass is 79.9. The number of halogens is 2. The number of anilines is 2. The number of amides is 1. The molecule has 0 atom stereocenters. The van der Waals surface area contributed by atoms with E-state index in [0.29, 0.717) is 16.7 Å². The molecule has 0 unspecified atom stereocenters. The Labute approximate surface area is 248 Å². The molecule has 0 heterocycles. The van der Waals surface area contributed by atoms with E-state index in [9.17, 15) is 21.6 Å². The van der Waals surface area contributed by atoms with Gasteiger partial charge in [0.25, 0.3) is 26.0 Å². The van der Waals surface area contributed by atoms with E-state index in [0.717, 1.165) is 15.0 Å². The Balaban J connectivity index is 1.68. The number of carbonyl (C=O) groups is 1. The van der Waals surface area contributed by atoms with Crippen molar-refractivity contribution < 1.29 is 26.8 Å². The first-order valence-electron chi connectivity index (χ1n) is 11.4. The van der Waals surface area contributed by atoms with Gasteiger partial charge in [-0.05, 0) is 89.5 Å². The summed E-state index contributed by atoms with van der Waals surface area (Å²) in [5.74, 6) is -0.836. The molecule has 1 amide bonds. The summed E-state index contributed by atoms with van der Waals surface area (Å²) in [6.07, 6.45) is 1.12. The lowest BCUT2D eigenvalue weighted by Crippen LogP contribution is -2.16. The summed E-state index contributed by atoms with van der Waals surface area (Å²) in [6.45, 7) is 0. The fourth-order valence-corrected chi connectivity index (χ4v) is 6.28. The minimum atomic E-state index is -3.91. The van der Waals surface area contributed by atoms with Crippen molar-refractivity contribution in [2.45, 2.75) is 9.79 Å². The predicted molar refractivity (Wildman–Crippen MR) is 160 cm³/mol. The predicted octanol–water partition coefficient (Wildman–Crippen LogP) is 5.75. The van der Waals surface area contributed by atoms with Gasteiger partial charge in [-0.2, -0.15) is 0 Å². The first-order valence-corrected chi connectivity index (χ1v) is 16.0. The number of carbonyl (C=O) groups excluding carboxylic acids is 1. The van der Waals surface area contributed by atoms with Crippen molar-refractivity contribution in [3.05, 3.63) is 123 Å². The van der Waals surface area contributed by atoms with Crippen LogP contribution in [0, 0.1) is 0 Å². The van der Waals surface area contributed by atoms with Crippen LogP contribution in [0.25, 0.3) is 5.57 Å². The Hall–Kier alpha value is -3.49. The van der Waals surface area contributed by atoms with Crippen LogP contribution in [-0.4, -0.2) is 28.0 Å². The summed E-state index contributed by atoms with van der Waals surface area (Å²) < 4.78 is 58.1. The fraction of sp³-hybridized carbons (Fsp3) is 0. The second-order valence-corrected chi connectivity index (χ2v) is 13.5. The standard InChI is InChI=1S/C27H21Br2N3O6S2/c28-20-7-11-24(12-8-20)39(35,36)31-22-5-1-3-18(15-22)26(17-27(33)30-34)19-4-2-6-23(16-19)32-40(37,38)25-13-9-21(29)10-14-25/h1-17,31-32,34H,(H,30,33). The van der Waals surface area contributed by atoms with Crippen molar-refractivity contribution in [1.29, 1.82) is 0 Å². The van der Waals surface area contributed by atoms with Crippen LogP contribution in [0.1, 0.15) is 11.1 Å². The summed E-state index contributed by atoms with van der Waals surface area (Å²) in [4.78, 5) is 12.3. The number of rotatable bonds is 9. The third kappa shape index (κ3) is 7.37. The molecule has 0 aliphatic carbocycles. The van der Waals surface area contributed by atoms with Crippen LogP contribution < -0.4 is 14.9 Å². The zero-order valence-electron chi connectivity index (χ0n) is 20.4. The molecular formula is C27H21Br2N3O6S2. The van der Waals surface area contributed by atoms with E-state index in [1.807, 2.05) is 0 Å². The fourth-order valence-electron chi connectivity index (χ4n) is 3.65. The monoisotopic (exact) mass is 705 g/mol. The van der Waals surface area contributed by atoms with Crippen LogP contribution in [0.5, 0.6) is 0 Å². The van der Waals surface area contributed by atoms with E-state index < -0.39 is 26.0 Å². The van der Waals surface area contributed by atoms with E-state index in [4.69, 9.17) is 5.21 Å². The third-order valence-corrected chi connectivity index (χ3v) is 9.34. The van der Waals surface area contributed by atoms with Gasteiger partial charge < -0.3 is 0 Å². The van der Waals surface area contributed by atoms with Crippen molar-refractivity contribution in [2.24, 2.45) is 0 Å². The SMILES string of the molecule is O=C(C=C(c1cccc(NS(=O)(=O)c2ccc(Br)cc2)c1)c1cccc(NS(=O)(=O)c2ccc(Br)cc2)c1)NO. The van der Waals surface area contributed by atoms with Gasteiger partial charge in [0.1, 0.15) is 0 Å². The summed E-state index contributed by atoms with van der Waals surface area (Å²) in [5.41, 5.74) is 3.14. The molecule has 13 heteroatoms. The van der Waals surface area contributed by atoms with Crippen LogP contribution in [-0.2, 0) is 24.8 Å². The van der Waals surface area contributed by atoms with Gasteiger partial charge >= 0.3 is 0 Å². The molecule has 0 fully saturated rings. The van der Waals surface area contributed by atoms with Gasteiger partial charge in [-0.25, -0.2) is 22.3 Å². The Morgan fingerprint density at radius 2 is 1.05 bits per heavy atom. The molecule has 0 aliphatic rings. The highest BCUT2D eigenvalue weighted by molar-refractivity contribution is 9.10. The average Bonchev–Trinajstić information content (AvgIpc) is 2.92. The highest BCUT2D eigenvalue weighted by Gasteiger charge is 2.17. The van der Waals surface area contributed by atoms with E-state index in [2.05, 4.69) is 41.3 Å². The second kappa shape index (κ2) is 12.4. The Kier molecular flexibility index (Phi) is 9.11. The number of sulfonamides is 2. The Bertz CT molecular complexity index is 1670. The first kappa shape index (κ1) is 29.5. The van der Waals surface area contributed by atoms with Crippen LogP contribution in [0.3, 0.4) is 0 Å². The molecular weight excluding hydrogens is 686 g/mol.